The summed E-state index contributed by atoms with van der Waals surface area (Å²) < 4.78 is 12.3. The second kappa shape index (κ2) is 17.1. The van der Waals surface area contributed by atoms with E-state index in [2.05, 4.69) is 6.92 Å². The van der Waals surface area contributed by atoms with Gasteiger partial charge in [0.25, 0.3) is 0 Å². The van der Waals surface area contributed by atoms with Crippen molar-refractivity contribution in [3.05, 3.63) is 64.7 Å². The van der Waals surface area contributed by atoms with Crippen LogP contribution in [0.2, 0.25) is 0 Å². The predicted octanol–water partition coefficient (Wildman–Crippen LogP) is 10.4. The lowest BCUT2D eigenvalue weighted by atomic mass is 10.0. The zero-order valence-corrected chi connectivity index (χ0v) is 23.5. The van der Waals surface area contributed by atoms with Crippen LogP contribution in [-0.4, -0.2) is 12.6 Å². The van der Waals surface area contributed by atoms with Crippen LogP contribution in [0.15, 0.2) is 59.0 Å². The van der Waals surface area contributed by atoms with Gasteiger partial charge >= 0.3 is 5.97 Å². The fourth-order valence-electron chi connectivity index (χ4n) is 4.78. The minimum absolute atomic E-state index is 0.175. The Morgan fingerprint density at radius 3 is 2.05 bits per heavy atom. The zero-order valence-electron chi connectivity index (χ0n) is 22.6. The molecule has 37 heavy (non-hydrogen) atoms. The van der Waals surface area contributed by atoms with E-state index in [1.807, 2.05) is 54.6 Å². The van der Waals surface area contributed by atoms with Gasteiger partial charge in [0.05, 0.1) is 17.5 Å². The lowest BCUT2D eigenvalue weighted by molar-refractivity contribution is -0.142. The minimum Gasteiger partial charge on any atom is -0.465 e. The monoisotopic (exact) mass is 520 g/mol. The number of esters is 1. The van der Waals surface area contributed by atoms with Crippen LogP contribution in [-0.2, 0) is 16.0 Å². The van der Waals surface area contributed by atoms with E-state index in [1.165, 1.54) is 77.0 Å². The molecule has 3 aromatic rings. The van der Waals surface area contributed by atoms with Crippen molar-refractivity contribution in [1.82, 2.24) is 0 Å². The average molecular weight is 521 g/mol. The van der Waals surface area contributed by atoms with Crippen LogP contribution in [0.3, 0.4) is 0 Å². The number of hydrogen-bond acceptors (Lipinski definition) is 4. The van der Waals surface area contributed by atoms with E-state index < -0.39 is 0 Å². The van der Waals surface area contributed by atoms with Crippen molar-refractivity contribution >= 4 is 29.2 Å². The Morgan fingerprint density at radius 1 is 0.757 bits per heavy atom. The quantitative estimate of drug-likeness (QED) is 0.0950. The molecule has 0 atom stereocenters. The van der Waals surface area contributed by atoms with Crippen LogP contribution in [0, 0.1) is 4.51 Å². The van der Waals surface area contributed by atoms with E-state index >= 15 is 0 Å². The predicted molar refractivity (Wildman–Crippen MR) is 157 cm³/mol. The van der Waals surface area contributed by atoms with Gasteiger partial charge in [-0.05, 0) is 30.2 Å². The van der Waals surface area contributed by atoms with Gasteiger partial charge in [-0.2, -0.15) is 0 Å². The Kier molecular flexibility index (Phi) is 13.5. The highest BCUT2D eigenvalue weighted by Gasteiger charge is 2.09. The molecule has 0 fully saturated rings. The van der Waals surface area contributed by atoms with Crippen molar-refractivity contribution in [3.8, 4) is 11.3 Å². The van der Waals surface area contributed by atoms with Crippen molar-refractivity contribution in [3.63, 3.8) is 0 Å². The van der Waals surface area contributed by atoms with Gasteiger partial charge < -0.3 is 9.15 Å². The SMILES string of the molecule is CCCCCCCCCCCCCCCCOC(=O)Cc1cccc(-c2cc(=S)c3ccccc3o2)c1. The number of hydrogen-bond donors (Lipinski definition) is 0. The summed E-state index contributed by atoms with van der Waals surface area (Å²) in [5.41, 5.74) is 2.59. The third-order valence-corrected chi connectivity index (χ3v) is 7.29. The fraction of sp³-hybridized carbons (Fsp3) is 0.515. The summed E-state index contributed by atoms with van der Waals surface area (Å²) in [7, 11) is 0. The van der Waals surface area contributed by atoms with E-state index in [0.29, 0.717) is 12.4 Å². The Labute approximate surface area is 228 Å². The zero-order chi connectivity index (χ0) is 26.1. The van der Waals surface area contributed by atoms with E-state index in [-0.39, 0.29) is 12.4 Å². The largest absolute Gasteiger partial charge is 0.465 e. The summed E-state index contributed by atoms with van der Waals surface area (Å²) in [6, 6.07) is 17.5. The maximum atomic E-state index is 12.4. The third-order valence-electron chi connectivity index (χ3n) is 6.96. The summed E-state index contributed by atoms with van der Waals surface area (Å²) in [5.74, 6) is 0.535. The van der Waals surface area contributed by atoms with Gasteiger partial charge in [-0.1, -0.05) is 133 Å². The van der Waals surface area contributed by atoms with Crippen molar-refractivity contribution in [2.75, 3.05) is 6.61 Å². The number of carbonyl (C=O) groups is 1. The summed E-state index contributed by atoms with van der Waals surface area (Å²) in [6.07, 6.45) is 18.7. The molecule has 0 aliphatic heterocycles. The Hall–Kier alpha value is -2.46. The number of fused-ring (bicyclic) bond motifs is 1. The molecule has 0 amide bonds. The molecule has 0 aliphatic rings. The molecule has 0 radical (unpaired) electrons. The first-order valence-electron chi connectivity index (χ1n) is 14.4. The second-order valence-corrected chi connectivity index (χ2v) is 10.6. The highest BCUT2D eigenvalue weighted by Crippen LogP contribution is 2.26. The van der Waals surface area contributed by atoms with Gasteiger partial charge in [0.1, 0.15) is 11.3 Å². The lowest BCUT2D eigenvalue weighted by Crippen LogP contribution is -2.09. The number of unbranched alkanes of at least 4 members (excludes halogenated alkanes) is 13. The first-order valence-corrected chi connectivity index (χ1v) is 14.9. The molecule has 0 unspecified atom stereocenters. The van der Waals surface area contributed by atoms with Crippen LogP contribution in [0.25, 0.3) is 22.3 Å². The van der Waals surface area contributed by atoms with Gasteiger partial charge in [0, 0.05) is 17.0 Å². The van der Waals surface area contributed by atoms with Gasteiger partial charge in [-0.15, -0.1) is 0 Å². The van der Waals surface area contributed by atoms with Gasteiger partial charge in [0.15, 0.2) is 0 Å². The summed E-state index contributed by atoms with van der Waals surface area (Å²) in [4.78, 5) is 12.4. The van der Waals surface area contributed by atoms with Crippen LogP contribution >= 0.6 is 12.2 Å². The van der Waals surface area contributed by atoms with Crippen molar-refractivity contribution in [2.45, 2.75) is 103 Å². The van der Waals surface area contributed by atoms with Crippen LogP contribution in [0.4, 0.5) is 0 Å². The molecule has 0 aliphatic carbocycles. The Morgan fingerprint density at radius 2 is 1.38 bits per heavy atom. The van der Waals surface area contributed by atoms with E-state index in [9.17, 15) is 4.79 Å². The maximum Gasteiger partial charge on any atom is 0.310 e. The van der Waals surface area contributed by atoms with E-state index in [4.69, 9.17) is 21.4 Å². The summed E-state index contributed by atoms with van der Waals surface area (Å²) in [6.45, 7) is 2.78. The van der Waals surface area contributed by atoms with Gasteiger partial charge in [-0.3, -0.25) is 4.79 Å². The summed E-state index contributed by atoms with van der Waals surface area (Å²) >= 11 is 5.54. The normalized spacial score (nSPS) is 11.2. The topological polar surface area (TPSA) is 39.4 Å². The number of ether oxygens (including phenoxy) is 1. The van der Waals surface area contributed by atoms with Crippen LogP contribution < -0.4 is 0 Å². The van der Waals surface area contributed by atoms with Crippen molar-refractivity contribution < 1.29 is 13.9 Å². The van der Waals surface area contributed by atoms with Crippen molar-refractivity contribution in [1.29, 1.82) is 0 Å². The average Bonchev–Trinajstić information content (AvgIpc) is 2.91. The number of carbonyl (C=O) groups excluding carboxylic acids is 1. The molecule has 1 aromatic heterocycles. The number of rotatable bonds is 18. The standard InChI is InChI=1S/C33H44O3S/c1-2-3-4-5-6-7-8-9-10-11-12-13-14-17-23-35-33(34)25-27-19-18-20-28(24-27)31-26-32(37)29-21-15-16-22-30(29)36-31/h15-16,18-22,24,26H,2-14,17,23,25H2,1H3. The molecule has 1 heterocycles. The van der Waals surface area contributed by atoms with Crippen LogP contribution in [0.1, 0.15) is 102 Å². The summed E-state index contributed by atoms with van der Waals surface area (Å²) in [5, 5.41) is 0.935. The Bertz CT molecular complexity index is 1130. The molecule has 200 valence electrons. The molecule has 0 saturated heterocycles. The van der Waals surface area contributed by atoms with E-state index in [0.717, 1.165) is 39.4 Å². The molecule has 4 heteroatoms. The fourth-order valence-corrected chi connectivity index (χ4v) is 5.06. The lowest BCUT2D eigenvalue weighted by Gasteiger charge is -2.08. The smallest absolute Gasteiger partial charge is 0.310 e. The molecule has 0 spiro atoms. The van der Waals surface area contributed by atoms with Gasteiger partial charge in [0.2, 0.25) is 0 Å². The van der Waals surface area contributed by atoms with E-state index in [1.54, 1.807) is 0 Å². The molecular formula is C33H44O3S. The number of benzene rings is 2. The van der Waals surface area contributed by atoms with Gasteiger partial charge in [-0.25, -0.2) is 0 Å². The third kappa shape index (κ3) is 10.8. The second-order valence-electron chi connectivity index (χ2n) is 10.2. The maximum absolute atomic E-state index is 12.4. The molecule has 0 N–H and O–H groups in total. The first kappa shape index (κ1) is 29.1. The highest BCUT2D eigenvalue weighted by atomic mass is 32.1. The molecule has 3 nitrogen and oxygen atoms in total. The Balaban J connectivity index is 1.27. The molecule has 0 saturated carbocycles. The molecule has 2 aromatic carbocycles. The minimum atomic E-state index is -0.175. The molecule has 3 rings (SSSR count). The highest BCUT2D eigenvalue weighted by molar-refractivity contribution is 7.71. The van der Waals surface area contributed by atoms with Crippen LogP contribution in [0.5, 0.6) is 0 Å². The van der Waals surface area contributed by atoms with Crippen molar-refractivity contribution in [2.24, 2.45) is 0 Å². The number of para-hydroxylation sites is 1. The molecule has 0 bridgehead atoms. The first-order chi connectivity index (χ1) is 18.2. The molecular weight excluding hydrogens is 476 g/mol.